The van der Waals surface area contributed by atoms with E-state index in [9.17, 15) is 13.8 Å². The Morgan fingerprint density at radius 3 is 2.53 bits per heavy atom. The van der Waals surface area contributed by atoms with Gasteiger partial charge in [0.1, 0.15) is 0 Å². The Morgan fingerprint density at radius 1 is 1.13 bits per heavy atom. The van der Waals surface area contributed by atoms with Crippen LogP contribution in [-0.4, -0.2) is 40.4 Å². The smallest absolute Gasteiger partial charge is 0.321 e. The first kappa shape index (κ1) is 22.3. The van der Waals surface area contributed by atoms with E-state index in [0.29, 0.717) is 42.4 Å². The molecule has 1 atom stereocenters. The number of hydrogen-bond acceptors (Lipinski definition) is 3. The van der Waals surface area contributed by atoms with Crippen LogP contribution in [0.2, 0.25) is 5.02 Å². The number of nitrogens with zero attached hydrogens (tertiary/aromatic N) is 1. The van der Waals surface area contributed by atoms with Crippen molar-refractivity contribution in [2.24, 2.45) is 5.92 Å². The first-order valence-corrected chi connectivity index (χ1v) is 11.9. The number of piperidine rings is 1. The zero-order valence-electron chi connectivity index (χ0n) is 17.1. The molecule has 1 aliphatic rings. The molecule has 0 aromatic heterocycles. The summed E-state index contributed by atoms with van der Waals surface area (Å²) in [7, 11) is -0.973. The number of rotatable bonds is 5. The van der Waals surface area contributed by atoms with Crippen molar-refractivity contribution in [3.8, 4) is 0 Å². The molecule has 1 saturated heterocycles. The van der Waals surface area contributed by atoms with Gasteiger partial charge in [0.2, 0.25) is 5.91 Å². The second kappa shape index (κ2) is 10.1. The highest BCUT2D eigenvalue weighted by Gasteiger charge is 2.27. The van der Waals surface area contributed by atoms with Crippen LogP contribution in [-0.2, 0) is 21.3 Å². The minimum atomic E-state index is -0.973. The van der Waals surface area contributed by atoms with Crippen molar-refractivity contribution in [1.82, 2.24) is 4.90 Å². The number of carbonyl (C=O) groups excluding carboxylic acids is 2. The fourth-order valence-electron chi connectivity index (χ4n) is 3.50. The molecule has 0 radical (unpaired) electrons. The van der Waals surface area contributed by atoms with Crippen LogP contribution in [0.1, 0.15) is 24.0 Å². The van der Waals surface area contributed by atoms with Crippen LogP contribution in [0.15, 0.2) is 42.5 Å². The first-order chi connectivity index (χ1) is 14.3. The highest BCUT2D eigenvalue weighted by atomic mass is 35.5. The molecule has 1 aliphatic heterocycles. The summed E-state index contributed by atoms with van der Waals surface area (Å²) in [4.78, 5) is 26.9. The predicted molar refractivity (Wildman–Crippen MR) is 122 cm³/mol. The summed E-state index contributed by atoms with van der Waals surface area (Å²) in [5, 5.41) is 6.25. The monoisotopic (exact) mass is 447 g/mol. The Labute approximate surface area is 184 Å². The molecule has 1 fully saturated rings. The molecule has 1 unspecified atom stereocenters. The highest BCUT2D eigenvalue weighted by Crippen LogP contribution is 2.26. The van der Waals surface area contributed by atoms with Crippen molar-refractivity contribution in [3.05, 3.63) is 58.6 Å². The molecule has 0 spiro atoms. The molecule has 2 N–H and O–H groups in total. The van der Waals surface area contributed by atoms with Crippen LogP contribution >= 0.6 is 11.6 Å². The van der Waals surface area contributed by atoms with Crippen LogP contribution in [0.4, 0.5) is 16.2 Å². The Hall–Kier alpha value is -2.38. The van der Waals surface area contributed by atoms with E-state index in [-0.39, 0.29) is 17.9 Å². The van der Waals surface area contributed by atoms with Gasteiger partial charge in [0, 0.05) is 47.5 Å². The second-order valence-electron chi connectivity index (χ2n) is 7.58. The van der Waals surface area contributed by atoms with E-state index in [2.05, 4.69) is 10.6 Å². The molecule has 0 aliphatic carbocycles. The molecule has 2 aromatic carbocycles. The molecule has 2 aromatic rings. The number of urea groups is 1. The van der Waals surface area contributed by atoms with Crippen LogP contribution in [0.3, 0.4) is 0 Å². The van der Waals surface area contributed by atoms with E-state index >= 15 is 0 Å². The van der Waals surface area contributed by atoms with Crippen molar-refractivity contribution in [1.29, 1.82) is 0 Å². The van der Waals surface area contributed by atoms with Gasteiger partial charge in [0.15, 0.2) is 0 Å². The average molecular weight is 448 g/mol. The Bertz CT molecular complexity index is 958. The van der Waals surface area contributed by atoms with Crippen LogP contribution < -0.4 is 10.6 Å². The fourth-order valence-corrected chi connectivity index (χ4v) is 4.31. The summed E-state index contributed by atoms with van der Waals surface area (Å²) in [6.07, 6.45) is 2.81. The minimum absolute atomic E-state index is 0.106. The zero-order valence-corrected chi connectivity index (χ0v) is 18.7. The molecule has 3 amide bonds. The molecule has 8 heteroatoms. The molecular formula is C22H26ClN3O3S. The summed E-state index contributed by atoms with van der Waals surface area (Å²) in [5.74, 6) is 0.118. The fraction of sp³-hybridized carbons (Fsp3) is 0.364. The number of hydrogen-bond donors (Lipinski definition) is 2. The van der Waals surface area contributed by atoms with Crippen LogP contribution in [0.5, 0.6) is 0 Å². The van der Waals surface area contributed by atoms with E-state index in [1.54, 1.807) is 23.3 Å². The maximum Gasteiger partial charge on any atom is 0.321 e. The number of nitrogens with one attached hydrogen (secondary N) is 2. The van der Waals surface area contributed by atoms with Gasteiger partial charge in [-0.05, 0) is 55.2 Å². The molecule has 0 bridgehead atoms. The molecule has 6 nitrogen and oxygen atoms in total. The molecular weight excluding hydrogens is 422 g/mol. The minimum Gasteiger partial charge on any atom is -0.325 e. The maximum absolute atomic E-state index is 12.7. The maximum atomic E-state index is 12.7. The van der Waals surface area contributed by atoms with Gasteiger partial charge in [-0.25, -0.2) is 4.79 Å². The standard InChI is InChI=1S/C22H26ClN3O3S/c1-15-4-3-5-18(12-15)24-22(28)26-10-8-17(9-11-26)21(27)25-20-13-16(14-30(2)29)6-7-19(20)23/h3-7,12-13,17H,8-11,14H2,1-2H3,(H,24,28)(H,25,27). The number of anilines is 2. The average Bonchev–Trinajstić information content (AvgIpc) is 2.70. The predicted octanol–water partition coefficient (Wildman–Crippen LogP) is 4.41. The van der Waals surface area contributed by atoms with E-state index in [4.69, 9.17) is 11.6 Å². The molecule has 160 valence electrons. The number of amides is 3. The van der Waals surface area contributed by atoms with Crippen molar-refractivity contribution >= 4 is 45.7 Å². The van der Waals surface area contributed by atoms with Crippen molar-refractivity contribution < 1.29 is 13.8 Å². The number of halogens is 1. The lowest BCUT2D eigenvalue weighted by Crippen LogP contribution is -2.43. The largest absolute Gasteiger partial charge is 0.325 e. The lowest BCUT2D eigenvalue weighted by Gasteiger charge is -2.31. The zero-order chi connectivity index (χ0) is 21.7. The quantitative estimate of drug-likeness (QED) is 0.712. The van der Waals surface area contributed by atoms with Gasteiger partial charge in [0.05, 0.1) is 10.7 Å². The van der Waals surface area contributed by atoms with Crippen molar-refractivity contribution in [2.75, 3.05) is 30.0 Å². The highest BCUT2D eigenvalue weighted by molar-refractivity contribution is 7.83. The normalized spacial score (nSPS) is 15.5. The summed E-state index contributed by atoms with van der Waals surface area (Å²) in [6.45, 7) is 3.00. The van der Waals surface area contributed by atoms with Gasteiger partial charge >= 0.3 is 6.03 Å². The summed E-state index contributed by atoms with van der Waals surface area (Å²) < 4.78 is 11.5. The van der Waals surface area contributed by atoms with E-state index in [1.165, 1.54) is 0 Å². The summed E-state index contributed by atoms with van der Waals surface area (Å²) >= 11 is 6.22. The van der Waals surface area contributed by atoms with Crippen LogP contribution in [0.25, 0.3) is 0 Å². The number of aryl methyl sites for hydroxylation is 1. The van der Waals surface area contributed by atoms with E-state index < -0.39 is 10.8 Å². The molecule has 3 rings (SSSR count). The third-order valence-corrected chi connectivity index (χ3v) is 6.15. The summed E-state index contributed by atoms with van der Waals surface area (Å²) in [6, 6.07) is 12.8. The molecule has 30 heavy (non-hydrogen) atoms. The van der Waals surface area contributed by atoms with Gasteiger partial charge in [0.25, 0.3) is 0 Å². The van der Waals surface area contributed by atoms with Gasteiger partial charge in [-0.15, -0.1) is 0 Å². The molecule has 0 saturated carbocycles. The second-order valence-corrected chi connectivity index (χ2v) is 9.42. The van der Waals surface area contributed by atoms with E-state index in [0.717, 1.165) is 16.8 Å². The Kier molecular flexibility index (Phi) is 7.50. The van der Waals surface area contributed by atoms with Crippen molar-refractivity contribution in [3.63, 3.8) is 0 Å². The lowest BCUT2D eigenvalue weighted by molar-refractivity contribution is -0.121. The van der Waals surface area contributed by atoms with Crippen LogP contribution in [0, 0.1) is 12.8 Å². The topological polar surface area (TPSA) is 78.5 Å². The lowest BCUT2D eigenvalue weighted by atomic mass is 9.96. The number of benzene rings is 2. The third kappa shape index (κ3) is 6.06. The van der Waals surface area contributed by atoms with Gasteiger partial charge in [-0.1, -0.05) is 29.8 Å². The Balaban J connectivity index is 1.54. The number of likely N-dealkylation sites (tertiary alicyclic amines) is 1. The van der Waals surface area contributed by atoms with Gasteiger partial charge in [-0.3, -0.25) is 9.00 Å². The van der Waals surface area contributed by atoms with E-state index in [1.807, 2.05) is 37.3 Å². The first-order valence-electron chi connectivity index (χ1n) is 9.84. The molecule has 1 heterocycles. The summed E-state index contributed by atoms with van der Waals surface area (Å²) in [5.41, 5.74) is 3.24. The Morgan fingerprint density at radius 2 is 1.87 bits per heavy atom. The third-order valence-electron chi connectivity index (χ3n) is 5.08. The number of carbonyl (C=O) groups is 2. The van der Waals surface area contributed by atoms with Gasteiger partial charge < -0.3 is 15.5 Å². The van der Waals surface area contributed by atoms with Gasteiger partial charge in [-0.2, -0.15) is 0 Å². The SMILES string of the molecule is Cc1cccc(NC(=O)N2CCC(C(=O)Nc3cc(CS(C)=O)ccc3Cl)CC2)c1. The van der Waals surface area contributed by atoms with Crippen molar-refractivity contribution in [2.45, 2.75) is 25.5 Å².